The van der Waals surface area contributed by atoms with Gasteiger partial charge in [-0.05, 0) is 58.3 Å². The number of carbonyl (C=O) groups is 2. The fourth-order valence-corrected chi connectivity index (χ4v) is 4.13. The monoisotopic (exact) mass is 320 g/mol. The first-order valence-electron chi connectivity index (χ1n) is 9.30. The van der Waals surface area contributed by atoms with Gasteiger partial charge in [0.25, 0.3) is 0 Å². The van der Waals surface area contributed by atoms with E-state index in [0.717, 1.165) is 44.9 Å². The lowest BCUT2D eigenvalue weighted by Crippen LogP contribution is -2.51. The molecule has 0 spiro atoms. The van der Waals surface area contributed by atoms with Gasteiger partial charge in [-0.1, -0.05) is 25.0 Å². The highest BCUT2D eigenvalue weighted by Crippen LogP contribution is 2.36. The molecule has 1 aliphatic heterocycles. The van der Waals surface area contributed by atoms with E-state index in [4.69, 9.17) is 0 Å². The number of fused-ring (bicyclic) bond motifs is 1. The van der Waals surface area contributed by atoms with Crippen molar-refractivity contribution in [1.82, 2.24) is 10.2 Å². The zero-order valence-corrected chi connectivity index (χ0v) is 14.7. The summed E-state index contributed by atoms with van der Waals surface area (Å²) in [6.07, 6.45) is 14.0. The van der Waals surface area contributed by atoms with Gasteiger partial charge in [0.2, 0.25) is 5.91 Å². The number of nitrogens with one attached hydrogen (secondary N) is 1. The van der Waals surface area contributed by atoms with Crippen LogP contribution in [0.3, 0.4) is 0 Å². The molecule has 1 aliphatic carbocycles. The number of hydrogen-bond acceptors (Lipinski definition) is 3. The van der Waals surface area contributed by atoms with Gasteiger partial charge in [-0.2, -0.15) is 0 Å². The van der Waals surface area contributed by atoms with E-state index in [9.17, 15) is 9.59 Å². The summed E-state index contributed by atoms with van der Waals surface area (Å²) >= 11 is 0. The van der Waals surface area contributed by atoms with Gasteiger partial charge < -0.3 is 9.69 Å². The van der Waals surface area contributed by atoms with E-state index in [-0.39, 0.29) is 18.0 Å². The van der Waals surface area contributed by atoms with Crippen LogP contribution in [0, 0.1) is 5.92 Å². The molecule has 4 heteroatoms. The fourth-order valence-electron chi connectivity index (χ4n) is 4.13. The Hall–Kier alpha value is -1.16. The number of hydrogen-bond donors (Lipinski definition) is 1. The third-order valence-electron chi connectivity index (χ3n) is 5.41. The first-order chi connectivity index (χ1) is 11.2. The van der Waals surface area contributed by atoms with Crippen LogP contribution in [0.25, 0.3) is 0 Å². The van der Waals surface area contributed by atoms with Gasteiger partial charge in [-0.25, -0.2) is 0 Å². The lowest BCUT2D eigenvalue weighted by atomic mass is 9.85. The predicted molar refractivity (Wildman–Crippen MR) is 93.2 cm³/mol. The first kappa shape index (κ1) is 18.2. The molecule has 0 aromatic heterocycles. The summed E-state index contributed by atoms with van der Waals surface area (Å²) in [5, 5.41) is 3.23. The Morgan fingerprint density at radius 1 is 1.30 bits per heavy atom. The third-order valence-corrected chi connectivity index (χ3v) is 5.41. The molecular weight excluding hydrogens is 288 g/mol. The highest BCUT2D eigenvalue weighted by atomic mass is 16.2. The number of rotatable bonds is 8. The van der Waals surface area contributed by atoms with Crippen LogP contribution in [-0.2, 0) is 9.59 Å². The molecule has 1 heterocycles. The van der Waals surface area contributed by atoms with Crippen LogP contribution in [0.2, 0.25) is 0 Å². The number of allylic oxidation sites excluding steroid dienone is 2. The lowest BCUT2D eigenvalue weighted by Gasteiger charge is -2.33. The average Bonchev–Trinajstić information content (AvgIpc) is 3.00. The topological polar surface area (TPSA) is 49.4 Å². The Labute approximate surface area is 140 Å². The van der Waals surface area contributed by atoms with Crippen molar-refractivity contribution >= 4 is 12.2 Å². The second-order valence-electron chi connectivity index (χ2n) is 7.06. The van der Waals surface area contributed by atoms with E-state index in [1.807, 2.05) is 19.9 Å². The zero-order valence-electron chi connectivity index (χ0n) is 14.7. The standard InChI is InChI=1S/C19H32N2O2/c1-3-4-5-6-10-17(14-22)20-15(2)19(23)21-13-12-16-9-7-8-11-18(16)21/h3-4,14-18,20H,5-13H2,1-2H3/b4-3+/t15-,16-,17-,18-/m0/s1. The van der Waals surface area contributed by atoms with E-state index < -0.39 is 0 Å². The highest BCUT2D eigenvalue weighted by Gasteiger charge is 2.39. The number of carbonyl (C=O) groups excluding carboxylic acids is 2. The van der Waals surface area contributed by atoms with Crippen molar-refractivity contribution in [2.24, 2.45) is 5.92 Å². The van der Waals surface area contributed by atoms with Crippen LogP contribution >= 0.6 is 0 Å². The lowest BCUT2D eigenvalue weighted by molar-refractivity contribution is -0.134. The molecule has 2 aliphatic rings. The van der Waals surface area contributed by atoms with Crippen molar-refractivity contribution in [3.05, 3.63) is 12.2 Å². The van der Waals surface area contributed by atoms with Crippen molar-refractivity contribution in [2.75, 3.05) is 6.54 Å². The molecule has 1 saturated heterocycles. The van der Waals surface area contributed by atoms with Crippen LogP contribution in [0.5, 0.6) is 0 Å². The molecular formula is C19H32N2O2. The number of aldehydes is 1. The molecule has 0 radical (unpaired) electrons. The molecule has 0 aromatic carbocycles. The van der Waals surface area contributed by atoms with Crippen LogP contribution < -0.4 is 5.32 Å². The van der Waals surface area contributed by atoms with Crippen molar-refractivity contribution < 1.29 is 9.59 Å². The molecule has 0 bridgehead atoms. The van der Waals surface area contributed by atoms with Crippen molar-refractivity contribution in [1.29, 1.82) is 0 Å². The smallest absolute Gasteiger partial charge is 0.239 e. The highest BCUT2D eigenvalue weighted by molar-refractivity contribution is 5.82. The number of likely N-dealkylation sites (tertiary alicyclic amines) is 1. The minimum absolute atomic E-state index is 0.180. The summed E-state index contributed by atoms with van der Waals surface area (Å²) in [5.41, 5.74) is 0. The van der Waals surface area contributed by atoms with E-state index in [0.29, 0.717) is 12.0 Å². The second-order valence-corrected chi connectivity index (χ2v) is 7.06. The Balaban J connectivity index is 1.82. The largest absolute Gasteiger partial charge is 0.338 e. The van der Waals surface area contributed by atoms with Gasteiger partial charge in [0.1, 0.15) is 6.29 Å². The second kappa shape index (κ2) is 9.21. The van der Waals surface area contributed by atoms with E-state index in [1.54, 1.807) is 0 Å². The van der Waals surface area contributed by atoms with Crippen molar-refractivity contribution in [2.45, 2.75) is 83.3 Å². The summed E-state index contributed by atoms with van der Waals surface area (Å²) in [5.74, 6) is 0.891. The van der Waals surface area contributed by atoms with E-state index >= 15 is 0 Å². The summed E-state index contributed by atoms with van der Waals surface area (Å²) in [6.45, 7) is 4.80. The van der Waals surface area contributed by atoms with E-state index in [1.165, 1.54) is 19.3 Å². The van der Waals surface area contributed by atoms with Crippen LogP contribution in [-0.4, -0.2) is 41.8 Å². The molecule has 4 atom stereocenters. The van der Waals surface area contributed by atoms with Gasteiger partial charge in [0.15, 0.2) is 0 Å². The van der Waals surface area contributed by atoms with Crippen LogP contribution in [0.15, 0.2) is 12.2 Å². The zero-order chi connectivity index (χ0) is 16.7. The maximum atomic E-state index is 12.8. The number of amides is 1. The molecule has 1 saturated carbocycles. The summed E-state index contributed by atoms with van der Waals surface area (Å²) < 4.78 is 0. The van der Waals surface area contributed by atoms with Crippen molar-refractivity contribution in [3.8, 4) is 0 Å². The van der Waals surface area contributed by atoms with E-state index in [2.05, 4.69) is 16.3 Å². The van der Waals surface area contributed by atoms with Crippen LogP contribution in [0.1, 0.15) is 65.2 Å². The SMILES string of the molecule is C/C=C/CCC[C@@H](C=O)N[C@@H](C)C(=O)N1CC[C@@H]2CCCC[C@@H]21. The Kier molecular flexibility index (Phi) is 7.28. The fraction of sp³-hybridized carbons (Fsp3) is 0.789. The first-order valence-corrected chi connectivity index (χ1v) is 9.30. The summed E-state index contributed by atoms with van der Waals surface area (Å²) in [6, 6.07) is -0.0403. The quantitative estimate of drug-likeness (QED) is 0.425. The molecule has 0 unspecified atom stereocenters. The summed E-state index contributed by atoms with van der Waals surface area (Å²) in [7, 11) is 0. The third kappa shape index (κ3) is 4.90. The molecule has 130 valence electrons. The van der Waals surface area contributed by atoms with Crippen LogP contribution in [0.4, 0.5) is 0 Å². The number of nitrogens with zero attached hydrogens (tertiary/aromatic N) is 1. The maximum absolute atomic E-state index is 12.8. The van der Waals surface area contributed by atoms with Gasteiger partial charge >= 0.3 is 0 Å². The predicted octanol–water partition coefficient (Wildman–Crippen LogP) is 3.07. The minimum atomic E-state index is -0.271. The Morgan fingerprint density at radius 2 is 2.09 bits per heavy atom. The van der Waals surface area contributed by atoms with Gasteiger partial charge in [0, 0.05) is 12.6 Å². The maximum Gasteiger partial charge on any atom is 0.239 e. The van der Waals surface area contributed by atoms with Gasteiger partial charge in [-0.15, -0.1) is 0 Å². The Morgan fingerprint density at radius 3 is 2.83 bits per heavy atom. The normalized spacial score (nSPS) is 27.0. The molecule has 2 fully saturated rings. The average molecular weight is 320 g/mol. The minimum Gasteiger partial charge on any atom is -0.338 e. The molecule has 2 rings (SSSR count). The molecule has 1 N–H and O–H groups in total. The molecule has 23 heavy (non-hydrogen) atoms. The Bertz CT molecular complexity index is 422. The van der Waals surface area contributed by atoms with Gasteiger partial charge in [0.05, 0.1) is 12.1 Å². The molecule has 0 aromatic rings. The van der Waals surface area contributed by atoms with Crippen molar-refractivity contribution in [3.63, 3.8) is 0 Å². The molecule has 4 nitrogen and oxygen atoms in total. The van der Waals surface area contributed by atoms with Gasteiger partial charge in [-0.3, -0.25) is 10.1 Å². The molecule has 1 amide bonds. The number of unbranched alkanes of at least 4 members (excludes halogenated alkanes) is 1. The summed E-state index contributed by atoms with van der Waals surface area (Å²) in [4.78, 5) is 26.1.